The number of carbonyl (C=O) groups is 1. The Morgan fingerprint density at radius 3 is 2.58 bits per heavy atom. The van der Waals surface area contributed by atoms with Crippen molar-refractivity contribution >= 4 is 38.4 Å². The van der Waals surface area contributed by atoms with Crippen LogP contribution in [0.3, 0.4) is 0 Å². The van der Waals surface area contributed by atoms with Crippen LogP contribution in [0.5, 0.6) is 0 Å². The number of nitrogens with one attached hydrogen (secondary N) is 2. The zero-order chi connectivity index (χ0) is 18.3. The summed E-state index contributed by atoms with van der Waals surface area (Å²) in [7, 11) is -0.782. The first-order chi connectivity index (χ1) is 12.4. The van der Waals surface area contributed by atoms with E-state index in [1.54, 1.807) is 0 Å². The molecule has 2 fully saturated rings. The third-order valence-corrected chi connectivity index (χ3v) is 8.25. The van der Waals surface area contributed by atoms with Gasteiger partial charge in [0.2, 0.25) is 0 Å². The number of thioether (sulfide) groups is 1. The monoisotopic (exact) mass is 395 g/mol. The van der Waals surface area contributed by atoms with E-state index in [-0.39, 0.29) is 28.7 Å². The van der Waals surface area contributed by atoms with Gasteiger partial charge in [-0.2, -0.15) is 0 Å². The molecule has 1 aromatic carbocycles. The normalized spacial score (nSPS) is 27.9. The maximum absolute atomic E-state index is 12.6. The van der Waals surface area contributed by atoms with Gasteiger partial charge in [-0.15, -0.1) is 0 Å². The number of sulfone groups is 1. The summed E-state index contributed by atoms with van der Waals surface area (Å²) in [5.74, 6) is 0.434. The van der Waals surface area contributed by atoms with Crippen LogP contribution < -0.4 is 10.2 Å². The zero-order valence-corrected chi connectivity index (χ0v) is 16.3. The summed E-state index contributed by atoms with van der Waals surface area (Å²) in [4.78, 5) is 20.4. The number of piperazine rings is 1. The Morgan fingerprint density at radius 1 is 1.23 bits per heavy atom. The number of anilines is 1. The summed E-state index contributed by atoms with van der Waals surface area (Å²) in [5.41, 5.74) is 1.55. The fraction of sp³-hybridized carbons (Fsp3) is 0.529. The number of rotatable bonds is 2. The number of amidine groups is 1. The van der Waals surface area contributed by atoms with Crippen molar-refractivity contribution in [3.63, 3.8) is 0 Å². The molecule has 0 radical (unpaired) electrons. The summed E-state index contributed by atoms with van der Waals surface area (Å²) in [6.45, 7) is 3.56. The van der Waals surface area contributed by atoms with Crippen molar-refractivity contribution in [2.24, 2.45) is 4.99 Å². The fourth-order valence-electron chi connectivity index (χ4n) is 3.51. The molecule has 2 atom stereocenters. The predicted molar refractivity (Wildman–Crippen MR) is 104 cm³/mol. The van der Waals surface area contributed by atoms with Crippen LogP contribution in [0.4, 0.5) is 5.69 Å². The van der Waals surface area contributed by atoms with E-state index in [0.717, 1.165) is 37.0 Å². The third kappa shape index (κ3) is 3.74. The average molecular weight is 396 g/mol. The Kier molecular flexibility index (Phi) is 4.70. The maximum atomic E-state index is 12.6. The van der Waals surface area contributed by atoms with Gasteiger partial charge in [-0.1, -0.05) is 11.8 Å². The number of nitrogens with zero attached hydrogens (tertiary/aromatic N) is 2. The fourth-order valence-corrected chi connectivity index (χ4v) is 7.19. The summed E-state index contributed by atoms with van der Waals surface area (Å²) in [5, 5.41) is 4.03. The quantitative estimate of drug-likeness (QED) is 0.695. The minimum absolute atomic E-state index is 0.0303. The molecule has 7 nitrogen and oxygen atoms in total. The Balaban J connectivity index is 1.37. The van der Waals surface area contributed by atoms with Crippen molar-refractivity contribution in [3.05, 3.63) is 29.8 Å². The van der Waals surface area contributed by atoms with Gasteiger partial charge >= 0.3 is 0 Å². The number of quaternary nitrogens is 1. The van der Waals surface area contributed by atoms with Crippen molar-refractivity contribution in [2.75, 3.05) is 50.0 Å². The van der Waals surface area contributed by atoms with Crippen molar-refractivity contribution < 1.29 is 18.1 Å². The summed E-state index contributed by atoms with van der Waals surface area (Å²) < 4.78 is 23.2. The standard InChI is InChI=1S/C17H22N4O3S2/c1-20-6-8-21(9-7-20)16(22)12-2-4-13(5-3-12)18-17-19-14-10-26(23,24)11-15(14)25-17/h2-5,14-15H,6-11H2,1H3,(H,18,19)/p+1. The molecule has 140 valence electrons. The molecule has 1 amide bonds. The average Bonchev–Trinajstić information content (AvgIpc) is 3.08. The SMILES string of the molecule is C[NH+]1CCN(C(=O)c2ccc(NC3=NC4CS(=O)(=O)CC4S3)cc2)CC1. The topological polar surface area (TPSA) is 83.3 Å². The molecule has 2 saturated heterocycles. The lowest BCUT2D eigenvalue weighted by Gasteiger charge is -2.30. The highest BCUT2D eigenvalue weighted by Gasteiger charge is 2.42. The number of carbonyl (C=O) groups excluding carboxylic acids is 1. The molecule has 9 heteroatoms. The van der Waals surface area contributed by atoms with Crippen molar-refractivity contribution in [1.29, 1.82) is 0 Å². The zero-order valence-electron chi connectivity index (χ0n) is 14.6. The first-order valence-electron chi connectivity index (χ1n) is 8.82. The molecule has 0 aliphatic carbocycles. The van der Waals surface area contributed by atoms with Gasteiger partial charge in [0.25, 0.3) is 5.91 Å². The molecule has 0 spiro atoms. The number of hydrogen-bond acceptors (Lipinski definition) is 6. The molecule has 0 bridgehead atoms. The van der Waals surface area contributed by atoms with Crippen molar-refractivity contribution in [3.8, 4) is 0 Å². The third-order valence-electron chi connectivity index (χ3n) is 5.11. The van der Waals surface area contributed by atoms with E-state index in [9.17, 15) is 13.2 Å². The van der Waals surface area contributed by atoms with Crippen LogP contribution in [0.25, 0.3) is 0 Å². The van der Waals surface area contributed by atoms with Crippen molar-refractivity contribution in [2.45, 2.75) is 11.3 Å². The van der Waals surface area contributed by atoms with Gasteiger partial charge in [-0.25, -0.2) is 8.42 Å². The van der Waals surface area contributed by atoms with Gasteiger partial charge in [-0.3, -0.25) is 9.79 Å². The van der Waals surface area contributed by atoms with Gasteiger partial charge in [0, 0.05) is 16.5 Å². The van der Waals surface area contributed by atoms with Crippen LogP contribution in [0.15, 0.2) is 29.3 Å². The molecule has 2 N–H and O–H groups in total. The number of hydrogen-bond donors (Lipinski definition) is 2. The van der Waals surface area contributed by atoms with E-state index in [2.05, 4.69) is 17.4 Å². The number of benzene rings is 1. The largest absolute Gasteiger partial charge is 0.335 e. The summed E-state index contributed by atoms with van der Waals surface area (Å²) >= 11 is 1.49. The summed E-state index contributed by atoms with van der Waals surface area (Å²) in [6, 6.07) is 7.29. The molecule has 3 heterocycles. The molecule has 3 aliphatic rings. The van der Waals surface area contributed by atoms with E-state index < -0.39 is 9.84 Å². The van der Waals surface area contributed by atoms with Gasteiger partial charge in [0.1, 0.15) is 0 Å². The molecule has 0 aromatic heterocycles. The molecule has 1 aromatic rings. The van der Waals surface area contributed by atoms with E-state index in [1.165, 1.54) is 16.7 Å². The lowest BCUT2D eigenvalue weighted by molar-refractivity contribution is -0.883. The highest BCUT2D eigenvalue weighted by molar-refractivity contribution is 8.15. The van der Waals surface area contributed by atoms with E-state index in [1.807, 2.05) is 29.2 Å². The van der Waals surface area contributed by atoms with Crippen LogP contribution in [0.2, 0.25) is 0 Å². The first kappa shape index (κ1) is 17.8. The summed E-state index contributed by atoms with van der Waals surface area (Å²) in [6.07, 6.45) is 0. The van der Waals surface area contributed by atoms with Crippen LogP contribution in [-0.2, 0) is 9.84 Å². The second-order valence-corrected chi connectivity index (χ2v) is 10.6. The van der Waals surface area contributed by atoms with Crippen molar-refractivity contribution in [1.82, 2.24) is 4.90 Å². The Hall–Kier alpha value is -1.58. The Bertz CT molecular complexity index is 830. The molecule has 3 aliphatic heterocycles. The molecular formula is C17H23N4O3S2+. The molecule has 0 saturated carbocycles. The van der Waals surface area contributed by atoms with Crippen LogP contribution in [0.1, 0.15) is 10.4 Å². The molecular weight excluding hydrogens is 372 g/mol. The van der Waals surface area contributed by atoms with E-state index in [4.69, 9.17) is 0 Å². The Morgan fingerprint density at radius 2 is 1.92 bits per heavy atom. The lowest BCUT2D eigenvalue weighted by Crippen LogP contribution is -3.12. The van der Waals surface area contributed by atoms with Crippen LogP contribution in [0, 0.1) is 0 Å². The van der Waals surface area contributed by atoms with E-state index >= 15 is 0 Å². The number of fused-ring (bicyclic) bond motifs is 1. The highest BCUT2D eigenvalue weighted by Crippen LogP contribution is 2.34. The molecule has 4 rings (SSSR count). The second kappa shape index (κ2) is 6.86. The number of amides is 1. The minimum Gasteiger partial charge on any atom is -0.335 e. The first-order valence-corrected chi connectivity index (χ1v) is 11.5. The van der Waals surface area contributed by atoms with Crippen LogP contribution in [-0.4, -0.2) is 80.4 Å². The van der Waals surface area contributed by atoms with Gasteiger partial charge in [-0.05, 0) is 24.3 Å². The lowest BCUT2D eigenvalue weighted by atomic mass is 10.1. The second-order valence-electron chi connectivity index (χ2n) is 7.19. The minimum atomic E-state index is -2.93. The Labute approximate surface area is 157 Å². The number of aliphatic imine (C=N–C) groups is 1. The molecule has 2 unspecified atom stereocenters. The predicted octanol–water partition coefficient (Wildman–Crippen LogP) is -0.663. The van der Waals surface area contributed by atoms with Gasteiger partial charge in [0.05, 0.1) is 50.8 Å². The van der Waals surface area contributed by atoms with Gasteiger partial charge in [0.15, 0.2) is 15.0 Å². The van der Waals surface area contributed by atoms with Crippen LogP contribution >= 0.6 is 11.8 Å². The van der Waals surface area contributed by atoms with Gasteiger partial charge < -0.3 is 15.1 Å². The number of likely N-dealkylation sites (N-methyl/N-ethyl adjacent to an activating group) is 1. The maximum Gasteiger partial charge on any atom is 0.254 e. The van der Waals surface area contributed by atoms with E-state index in [0.29, 0.717) is 5.56 Å². The molecule has 26 heavy (non-hydrogen) atoms. The smallest absolute Gasteiger partial charge is 0.254 e. The highest BCUT2D eigenvalue weighted by atomic mass is 32.2.